The van der Waals surface area contributed by atoms with E-state index < -0.39 is 5.82 Å². The summed E-state index contributed by atoms with van der Waals surface area (Å²) in [6, 6.07) is 10.1. The molecule has 1 aromatic carbocycles. The molecule has 0 saturated carbocycles. The summed E-state index contributed by atoms with van der Waals surface area (Å²) >= 11 is 0. The highest BCUT2D eigenvalue weighted by atomic mass is 19.1. The fourth-order valence-corrected chi connectivity index (χ4v) is 1.95. The van der Waals surface area contributed by atoms with Crippen LogP contribution >= 0.6 is 0 Å². The molecule has 20 heavy (non-hydrogen) atoms. The highest BCUT2D eigenvalue weighted by molar-refractivity contribution is 6.02. The first-order valence-corrected chi connectivity index (χ1v) is 6.01. The summed E-state index contributed by atoms with van der Waals surface area (Å²) in [5.41, 5.74) is 6.99. The third-order valence-corrected chi connectivity index (χ3v) is 2.89. The standard InChI is InChI=1S/C14H15FN4O/c1-19(9-10-5-2-3-8-17-10)12-7-4-6-11(15)13(12)14(16)18-20/h2-8,20H,9H2,1H3,(H2,16,18). The summed E-state index contributed by atoms with van der Waals surface area (Å²) in [6.45, 7) is 0.482. The van der Waals surface area contributed by atoms with Crippen molar-refractivity contribution in [2.24, 2.45) is 10.9 Å². The molecule has 0 amide bonds. The summed E-state index contributed by atoms with van der Waals surface area (Å²) in [5.74, 6) is -0.795. The van der Waals surface area contributed by atoms with E-state index in [1.54, 1.807) is 30.3 Å². The number of hydrogen-bond acceptors (Lipinski definition) is 4. The van der Waals surface area contributed by atoms with Crippen molar-refractivity contribution in [3.8, 4) is 0 Å². The fraction of sp³-hybridized carbons (Fsp3) is 0.143. The van der Waals surface area contributed by atoms with Gasteiger partial charge in [0.15, 0.2) is 5.84 Å². The zero-order chi connectivity index (χ0) is 14.5. The number of nitrogens with two attached hydrogens (primary N) is 1. The van der Waals surface area contributed by atoms with Gasteiger partial charge in [-0.15, -0.1) is 0 Å². The molecule has 104 valence electrons. The molecule has 2 aromatic rings. The van der Waals surface area contributed by atoms with E-state index in [0.717, 1.165) is 5.69 Å². The van der Waals surface area contributed by atoms with Gasteiger partial charge in [-0.3, -0.25) is 4.98 Å². The lowest BCUT2D eigenvalue weighted by Crippen LogP contribution is -2.24. The molecule has 0 spiro atoms. The molecule has 0 aliphatic rings. The topological polar surface area (TPSA) is 74.7 Å². The predicted molar refractivity (Wildman–Crippen MR) is 75.3 cm³/mol. The molecule has 5 nitrogen and oxygen atoms in total. The van der Waals surface area contributed by atoms with Gasteiger partial charge in [0.1, 0.15) is 5.82 Å². The van der Waals surface area contributed by atoms with Crippen molar-refractivity contribution in [2.75, 3.05) is 11.9 Å². The molecular weight excluding hydrogens is 259 g/mol. The van der Waals surface area contributed by atoms with E-state index in [-0.39, 0.29) is 11.4 Å². The highest BCUT2D eigenvalue weighted by Gasteiger charge is 2.16. The van der Waals surface area contributed by atoms with E-state index in [0.29, 0.717) is 12.2 Å². The highest BCUT2D eigenvalue weighted by Crippen LogP contribution is 2.23. The first-order valence-electron chi connectivity index (χ1n) is 6.01. The molecular formula is C14H15FN4O. The third-order valence-electron chi connectivity index (χ3n) is 2.89. The Morgan fingerprint density at radius 2 is 2.15 bits per heavy atom. The van der Waals surface area contributed by atoms with Crippen molar-refractivity contribution in [3.63, 3.8) is 0 Å². The number of benzene rings is 1. The van der Waals surface area contributed by atoms with Crippen LogP contribution in [0.3, 0.4) is 0 Å². The Bertz CT molecular complexity index is 616. The van der Waals surface area contributed by atoms with Crippen molar-refractivity contribution in [1.82, 2.24) is 4.98 Å². The van der Waals surface area contributed by atoms with Crippen LogP contribution in [0.2, 0.25) is 0 Å². The molecule has 0 unspecified atom stereocenters. The number of aromatic nitrogens is 1. The molecule has 0 saturated heterocycles. The van der Waals surface area contributed by atoms with E-state index in [9.17, 15) is 4.39 Å². The summed E-state index contributed by atoms with van der Waals surface area (Å²) in [6.07, 6.45) is 1.69. The second kappa shape index (κ2) is 6.01. The first-order chi connectivity index (χ1) is 9.63. The molecule has 0 radical (unpaired) electrons. The second-order valence-electron chi connectivity index (χ2n) is 4.30. The summed E-state index contributed by atoms with van der Waals surface area (Å²) < 4.78 is 13.9. The average molecular weight is 274 g/mol. The van der Waals surface area contributed by atoms with Gasteiger partial charge in [0.2, 0.25) is 0 Å². The van der Waals surface area contributed by atoms with Crippen LogP contribution < -0.4 is 10.6 Å². The van der Waals surface area contributed by atoms with Gasteiger partial charge in [-0.2, -0.15) is 0 Å². The molecule has 1 heterocycles. The molecule has 3 N–H and O–H groups in total. The van der Waals surface area contributed by atoms with Crippen LogP contribution in [0.5, 0.6) is 0 Å². The minimum Gasteiger partial charge on any atom is -0.409 e. The van der Waals surface area contributed by atoms with Gasteiger partial charge in [0.25, 0.3) is 0 Å². The van der Waals surface area contributed by atoms with Gasteiger partial charge < -0.3 is 15.8 Å². The quantitative estimate of drug-likeness (QED) is 0.387. The number of oxime groups is 1. The SMILES string of the molecule is CN(Cc1ccccn1)c1cccc(F)c1C(N)=NO. The Morgan fingerprint density at radius 1 is 1.35 bits per heavy atom. The second-order valence-corrected chi connectivity index (χ2v) is 4.30. The summed E-state index contributed by atoms with van der Waals surface area (Å²) in [7, 11) is 1.79. The van der Waals surface area contributed by atoms with Gasteiger partial charge >= 0.3 is 0 Å². The molecule has 6 heteroatoms. The molecule has 0 aliphatic carbocycles. The van der Waals surface area contributed by atoms with Gasteiger partial charge in [0, 0.05) is 13.2 Å². The third kappa shape index (κ3) is 2.85. The first kappa shape index (κ1) is 13.8. The van der Waals surface area contributed by atoms with Gasteiger partial charge in [-0.25, -0.2) is 4.39 Å². The van der Waals surface area contributed by atoms with E-state index in [1.165, 1.54) is 6.07 Å². The lowest BCUT2D eigenvalue weighted by Gasteiger charge is -2.22. The van der Waals surface area contributed by atoms with E-state index in [2.05, 4.69) is 10.1 Å². The van der Waals surface area contributed by atoms with Crippen LogP contribution in [0.15, 0.2) is 47.8 Å². The van der Waals surface area contributed by atoms with Crippen LogP contribution in [-0.4, -0.2) is 23.1 Å². The minimum atomic E-state index is -0.536. The van der Waals surface area contributed by atoms with Crippen LogP contribution in [0, 0.1) is 5.82 Å². The molecule has 2 rings (SSSR count). The number of halogens is 1. The molecule has 1 aromatic heterocycles. The maximum absolute atomic E-state index is 13.9. The molecule has 0 aliphatic heterocycles. The Kier molecular flexibility index (Phi) is 4.14. The van der Waals surface area contributed by atoms with Crippen LogP contribution in [0.25, 0.3) is 0 Å². The fourth-order valence-electron chi connectivity index (χ4n) is 1.95. The van der Waals surface area contributed by atoms with E-state index in [4.69, 9.17) is 10.9 Å². The van der Waals surface area contributed by atoms with Crippen LogP contribution in [-0.2, 0) is 6.54 Å². The van der Waals surface area contributed by atoms with Crippen molar-refractivity contribution >= 4 is 11.5 Å². The smallest absolute Gasteiger partial charge is 0.175 e. The normalized spacial score (nSPS) is 11.4. The molecule has 0 bridgehead atoms. The van der Waals surface area contributed by atoms with Crippen molar-refractivity contribution in [1.29, 1.82) is 0 Å². The number of hydrogen-bond donors (Lipinski definition) is 2. The Morgan fingerprint density at radius 3 is 2.80 bits per heavy atom. The lowest BCUT2D eigenvalue weighted by molar-refractivity contribution is 0.318. The Balaban J connectivity index is 2.35. The Hall–Kier alpha value is -2.63. The maximum atomic E-state index is 13.9. The summed E-state index contributed by atoms with van der Waals surface area (Å²) in [5, 5.41) is 11.7. The van der Waals surface area contributed by atoms with E-state index in [1.807, 2.05) is 18.2 Å². The number of nitrogens with zero attached hydrogens (tertiary/aromatic N) is 3. The molecule has 0 atom stereocenters. The average Bonchev–Trinajstić information content (AvgIpc) is 2.47. The van der Waals surface area contributed by atoms with Crippen LogP contribution in [0.1, 0.15) is 11.3 Å². The van der Waals surface area contributed by atoms with Gasteiger partial charge in [-0.1, -0.05) is 17.3 Å². The number of amidine groups is 1. The number of anilines is 1. The Labute approximate surface area is 116 Å². The zero-order valence-corrected chi connectivity index (χ0v) is 11.0. The lowest BCUT2D eigenvalue weighted by atomic mass is 10.1. The van der Waals surface area contributed by atoms with Gasteiger partial charge in [-0.05, 0) is 24.3 Å². The zero-order valence-electron chi connectivity index (χ0n) is 11.0. The minimum absolute atomic E-state index is 0.0773. The van der Waals surface area contributed by atoms with Crippen LogP contribution in [0.4, 0.5) is 10.1 Å². The molecule has 0 fully saturated rings. The monoisotopic (exact) mass is 274 g/mol. The van der Waals surface area contributed by atoms with Crippen molar-refractivity contribution < 1.29 is 9.60 Å². The largest absolute Gasteiger partial charge is 0.409 e. The predicted octanol–water partition coefficient (Wildman–Crippen LogP) is 1.95. The van der Waals surface area contributed by atoms with E-state index >= 15 is 0 Å². The van der Waals surface area contributed by atoms with Crippen molar-refractivity contribution in [2.45, 2.75) is 6.54 Å². The summed E-state index contributed by atoms with van der Waals surface area (Å²) in [4.78, 5) is 6.01. The van der Waals surface area contributed by atoms with Gasteiger partial charge in [0.05, 0.1) is 23.5 Å². The number of rotatable bonds is 4. The number of pyridine rings is 1. The van der Waals surface area contributed by atoms with Crippen molar-refractivity contribution in [3.05, 3.63) is 59.7 Å². The maximum Gasteiger partial charge on any atom is 0.175 e.